The highest BCUT2D eigenvalue weighted by Gasteiger charge is 2.65. The van der Waals surface area contributed by atoms with E-state index in [-0.39, 0.29) is 65.1 Å². The number of hydrogen-bond acceptors (Lipinski definition) is 5. The maximum absolute atomic E-state index is 12.0. The summed E-state index contributed by atoms with van der Waals surface area (Å²) in [5.74, 6) is 0.265. The maximum Gasteiger partial charge on any atom is 0.322 e. The van der Waals surface area contributed by atoms with Crippen LogP contribution >= 0.6 is 0 Å². The average Bonchev–Trinajstić information content (AvgIpc) is 3.11. The molecule has 0 radical (unpaired) electrons. The molecule has 0 heterocycles. The molecule has 1 amide bonds. The number of carbonyl (C=O) groups is 2. The minimum atomic E-state index is -1.04. The van der Waals surface area contributed by atoms with Crippen LogP contribution < -0.4 is 5.32 Å². The third kappa shape index (κ3) is 4.23. The molecule has 4 fully saturated rings. The quantitative estimate of drug-likeness (QED) is 0.410. The van der Waals surface area contributed by atoms with E-state index in [1.54, 1.807) is 0 Å². The van der Waals surface area contributed by atoms with Crippen molar-refractivity contribution in [1.29, 1.82) is 0 Å². The lowest BCUT2D eigenvalue weighted by Gasteiger charge is -2.63. The van der Waals surface area contributed by atoms with Crippen molar-refractivity contribution in [3.63, 3.8) is 0 Å². The Balaban J connectivity index is 1.49. The molecule has 0 aromatic heterocycles. The van der Waals surface area contributed by atoms with Crippen LogP contribution in [0.3, 0.4) is 0 Å². The minimum Gasteiger partial charge on any atom is -0.480 e. The molecule has 4 aliphatic carbocycles. The molecular weight excluding hydrogens is 422 g/mol. The van der Waals surface area contributed by atoms with E-state index in [0.29, 0.717) is 25.2 Å². The van der Waals surface area contributed by atoms with Crippen LogP contribution in [0.1, 0.15) is 78.6 Å². The number of nitrogens with one attached hydrogen (secondary N) is 1. The van der Waals surface area contributed by atoms with E-state index in [0.717, 1.165) is 38.5 Å². The smallest absolute Gasteiger partial charge is 0.322 e. The summed E-state index contributed by atoms with van der Waals surface area (Å²) in [7, 11) is 0. The number of carboxylic acid groups (broad SMARTS) is 1. The first-order chi connectivity index (χ1) is 15.5. The number of rotatable bonds is 6. The van der Waals surface area contributed by atoms with Gasteiger partial charge in [0.15, 0.2) is 0 Å². The Labute approximate surface area is 197 Å². The molecule has 0 bridgehead atoms. The average molecular weight is 466 g/mol. The first-order valence-electron chi connectivity index (χ1n) is 13.0. The van der Waals surface area contributed by atoms with Crippen molar-refractivity contribution in [3.8, 4) is 0 Å². The van der Waals surface area contributed by atoms with Crippen molar-refractivity contribution in [3.05, 3.63) is 0 Å². The zero-order chi connectivity index (χ0) is 24.1. The summed E-state index contributed by atoms with van der Waals surface area (Å²) in [6.45, 7) is 6.35. The molecule has 7 heteroatoms. The van der Waals surface area contributed by atoms with Crippen LogP contribution in [0.5, 0.6) is 0 Å². The summed E-state index contributed by atoms with van der Waals surface area (Å²) in [5, 5.41) is 44.4. The zero-order valence-electron chi connectivity index (χ0n) is 20.4. The fraction of sp³-hybridized carbons (Fsp3) is 0.923. The molecule has 0 aromatic carbocycles. The van der Waals surface area contributed by atoms with Crippen LogP contribution in [0.4, 0.5) is 0 Å². The highest BCUT2D eigenvalue weighted by molar-refractivity contribution is 5.81. The highest BCUT2D eigenvalue weighted by Crippen LogP contribution is 2.68. The van der Waals surface area contributed by atoms with Gasteiger partial charge in [0, 0.05) is 6.42 Å². The lowest BCUT2D eigenvalue weighted by atomic mass is 9.43. The second-order valence-electron chi connectivity index (χ2n) is 12.2. The van der Waals surface area contributed by atoms with Gasteiger partial charge in [0.05, 0.1) is 18.3 Å². The van der Waals surface area contributed by atoms with Gasteiger partial charge in [-0.05, 0) is 97.7 Å². The van der Waals surface area contributed by atoms with Gasteiger partial charge in [0.2, 0.25) is 5.91 Å². The summed E-state index contributed by atoms with van der Waals surface area (Å²) in [6.07, 6.45) is 5.86. The molecule has 4 saturated carbocycles. The number of aliphatic hydroxyl groups is 3. The Morgan fingerprint density at radius 3 is 2.45 bits per heavy atom. The molecule has 7 nitrogen and oxygen atoms in total. The van der Waals surface area contributed by atoms with Crippen molar-refractivity contribution in [1.82, 2.24) is 5.32 Å². The lowest BCUT2D eigenvalue weighted by Crippen LogP contribution is -2.62. The van der Waals surface area contributed by atoms with Gasteiger partial charge in [-0.2, -0.15) is 0 Å². The van der Waals surface area contributed by atoms with Gasteiger partial charge in [-0.1, -0.05) is 20.8 Å². The molecule has 4 aliphatic rings. The van der Waals surface area contributed by atoms with E-state index in [9.17, 15) is 24.9 Å². The maximum atomic E-state index is 12.0. The molecule has 0 saturated heterocycles. The first-order valence-corrected chi connectivity index (χ1v) is 13.0. The van der Waals surface area contributed by atoms with Crippen molar-refractivity contribution in [2.45, 2.75) is 96.9 Å². The van der Waals surface area contributed by atoms with Gasteiger partial charge in [-0.15, -0.1) is 0 Å². The van der Waals surface area contributed by atoms with E-state index < -0.39 is 12.1 Å². The fourth-order valence-corrected chi connectivity index (χ4v) is 8.95. The zero-order valence-corrected chi connectivity index (χ0v) is 20.4. The van der Waals surface area contributed by atoms with Crippen LogP contribution in [0.25, 0.3) is 0 Å². The number of aliphatic carboxylic acids is 1. The van der Waals surface area contributed by atoms with Crippen molar-refractivity contribution in [2.75, 3.05) is 6.54 Å². The number of aliphatic hydroxyl groups excluding tert-OH is 3. The Kier molecular flexibility index (Phi) is 6.89. The second kappa shape index (κ2) is 9.12. The van der Waals surface area contributed by atoms with E-state index >= 15 is 0 Å². The third-order valence-electron chi connectivity index (χ3n) is 10.8. The molecule has 5 N–H and O–H groups in total. The fourth-order valence-electron chi connectivity index (χ4n) is 8.95. The summed E-state index contributed by atoms with van der Waals surface area (Å²) in [4.78, 5) is 22.7. The van der Waals surface area contributed by atoms with Gasteiger partial charge in [-0.25, -0.2) is 0 Å². The van der Waals surface area contributed by atoms with E-state index in [1.165, 1.54) is 0 Å². The molecule has 0 aliphatic heterocycles. The van der Waals surface area contributed by atoms with Gasteiger partial charge in [0.1, 0.15) is 6.54 Å². The Bertz CT molecular complexity index is 759. The highest BCUT2D eigenvalue weighted by atomic mass is 16.4. The molecule has 11 atom stereocenters. The van der Waals surface area contributed by atoms with Crippen molar-refractivity contribution < 1.29 is 30.0 Å². The standard InChI is InChI=1S/C26H43NO6/c1-14(4-7-22(31)27-13-23(32)33)17-5-6-18-24-19(12-21(30)26(17,18)3)25(2)9-8-16(28)10-15(25)11-20(24)29/h14-21,24,28-30H,4-13H2,1-3H3,(H,27,31)(H,32,33)/t14-,15+,16-,17-,18?,19-,20-,21+,24+,25+,26-/m1/s1. The topological polar surface area (TPSA) is 127 Å². The third-order valence-corrected chi connectivity index (χ3v) is 10.8. The summed E-state index contributed by atoms with van der Waals surface area (Å²) in [6, 6.07) is 0. The number of carboxylic acids is 1. The predicted octanol–water partition coefficient (Wildman–Crippen LogP) is 2.56. The van der Waals surface area contributed by atoms with Gasteiger partial charge >= 0.3 is 5.97 Å². The molecule has 4 rings (SSSR count). The Hall–Kier alpha value is -1.18. The SMILES string of the molecule is C[C@H](CCC(=O)NCC(=O)O)[C@H]1CCC2[C@@H]3[C@H](O)C[C@@H]4C[C@H](O)CC[C@]4(C)[C@@H]3C[C@H](O)[C@@]21C. The number of amides is 1. The van der Waals surface area contributed by atoms with Crippen molar-refractivity contribution >= 4 is 11.9 Å². The van der Waals surface area contributed by atoms with Gasteiger partial charge in [-0.3, -0.25) is 9.59 Å². The molecular formula is C26H43NO6. The van der Waals surface area contributed by atoms with Crippen LogP contribution in [-0.2, 0) is 9.59 Å². The monoisotopic (exact) mass is 465 g/mol. The van der Waals surface area contributed by atoms with E-state index in [2.05, 4.69) is 26.1 Å². The van der Waals surface area contributed by atoms with Crippen LogP contribution in [0.15, 0.2) is 0 Å². The summed E-state index contributed by atoms with van der Waals surface area (Å²) < 4.78 is 0. The molecule has 0 aromatic rings. The van der Waals surface area contributed by atoms with Crippen LogP contribution in [0.2, 0.25) is 0 Å². The second-order valence-corrected chi connectivity index (χ2v) is 12.2. The molecule has 188 valence electrons. The number of fused-ring (bicyclic) bond motifs is 5. The van der Waals surface area contributed by atoms with Crippen LogP contribution in [-0.4, -0.2) is 57.2 Å². The summed E-state index contributed by atoms with van der Waals surface area (Å²) >= 11 is 0. The predicted molar refractivity (Wildman–Crippen MR) is 123 cm³/mol. The van der Waals surface area contributed by atoms with Gasteiger partial charge in [0.25, 0.3) is 0 Å². The van der Waals surface area contributed by atoms with Crippen molar-refractivity contribution in [2.24, 2.45) is 46.3 Å². The summed E-state index contributed by atoms with van der Waals surface area (Å²) in [5.41, 5.74) is -0.214. The van der Waals surface area contributed by atoms with Gasteiger partial charge < -0.3 is 25.7 Å². The van der Waals surface area contributed by atoms with E-state index in [4.69, 9.17) is 5.11 Å². The number of hydrogen-bond donors (Lipinski definition) is 5. The Morgan fingerprint density at radius 1 is 1.03 bits per heavy atom. The molecule has 0 spiro atoms. The molecule has 33 heavy (non-hydrogen) atoms. The molecule has 1 unspecified atom stereocenters. The normalized spacial score (nSPS) is 47.7. The number of carbonyl (C=O) groups excluding carboxylic acids is 1. The minimum absolute atomic E-state index is 0.0668. The van der Waals surface area contributed by atoms with Crippen LogP contribution in [0, 0.1) is 46.3 Å². The first kappa shape index (κ1) is 24.9. The largest absolute Gasteiger partial charge is 0.480 e. The van der Waals surface area contributed by atoms with E-state index in [1.807, 2.05) is 0 Å². The Morgan fingerprint density at radius 2 is 1.76 bits per heavy atom. The lowest BCUT2D eigenvalue weighted by molar-refractivity contribution is -0.207.